The fourth-order valence-corrected chi connectivity index (χ4v) is 1.20. The molecule has 1 unspecified atom stereocenters. The standard InChI is InChI=1S/C11H16N4O3/c1-6(2)7(3)14-11(16)9-4-8(15(17)18)5-13-10(9)12/h4-7H,1-3H3,(H2,12,13)(H,14,16). The van der Waals surface area contributed by atoms with Crippen LogP contribution in [0, 0.1) is 16.0 Å². The number of nitrogens with one attached hydrogen (secondary N) is 1. The first-order valence-electron chi connectivity index (χ1n) is 5.53. The first-order chi connectivity index (χ1) is 8.32. The van der Waals surface area contributed by atoms with Gasteiger partial charge in [0, 0.05) is 12.1 Å². The van der Waals surface area contributed by atoms with Gasteiger partial charge in [-0.15, -0.1) is 0 Å². The molecule has 1 rings (SSSR count). The number of aromatic nitrogens is 1. The highest BCUT2D eigenvalue weighted by Gasteiger charge is 2.18. The number of anilines is 1. The number of amides is 1. The minimum Gasteiger partial charge on any atom is -0.383 e. The number of nitrogens with two attached hydrogens (primary N) is 1. The molecule has 7 heteroatoms. The highest BCUT2D eigenvalue weighted by Crippen LogP contribution is 2.17. The topological polar surface area (TPSA) is 111 Å². The minimum absolute atomic E-state index is 0.0194. The van der Waals surface area contributed by atoms with Crippen LogP contribution in [0.4, 0.5) is 11.5 Å². The van der Waals surface area contributed by atoms with Crippen LogP contribution in [0.3, 0.4) is 0 Å². The van der Waals surface area contributed by atoms with E-state index in [0.29, 0.717) is 0 Å². The Balaban J connectivity index is 2.98. The molecule has 0 aromatic carbocycles. The Bertz CT molecular complexity index is 473. The van der Waals surface area contributed by atoms with Crippen LogP contribution in [-0.4, -0.2) is 21.9 Å². The van der Waals surface area contributed by atoms with E-state index in [0.717, 1.165) is 12.3 Å². The number of rotatable bonds is 4. The van der Waals surface area contributed by atoms with Gasteiger partial charge in [-0.25, -0.2) is 4.98 Å². The lowest BCUT2D eigenvalue weighted by molar-refractivity contribution is -0.385. The number of hydrogen-bond donors (Lipinski definition) is 2. The van der Waals surface area contributed by atoms with Gasteiger partial charge in [-0.3, -0.25) is 14.9 Å². The fourth-order valence-electron chi connectivity index (χ4n) is 1.20. The van der Waals surface area contributed by atoms with Crippen molar-refractivity contribution in [1.82, 2.24) is 10.3 Å². The molecule has 0 spiro atoms. The summed E-state index contributed by atoms with van der Waals surface area (Å²) in [5.41, 5.74) is 5.31. The Morgan fingerprint density at radius 1 is 1.50 bits per heavy atom. The maximum Gasteiger partial charge on any atom is 0.288 e. The molecule has 18 heavy (non-hydrogen) atoms. The van der Waals surface area contributed by atoms with Gasteiger partial charge in [0.1, 0.15) is 12.0 Å². The van der Waals surface area contributed by atoms with Gasteiger partial charge in [-0.2, -0.15) is 0 Å². The van der Waals surface area contributed by atoms with Crippen molar-refractivity contribution >= 4 is 17.4 Å². The van der Waals surface area contributed by atoms with Gasteiger partial charge in [0.25, 0.3) is 11.6 Å². The van der Waals surface area contributed by atoms with Crippen LogP contribution < -0.4 is 11.1 Å². The molecule has 0 radical (unpaired) electrons. The zero-order valence-corrected chi connectivity index (χ0v) is 10.5. The first kappa shape index (κ1) is 13.9. The summed E-state index contributed by atoms with van der Waals surface area (Å²) in [6.07, 6.45) is 1.03. The van der Waals surface area contributed by atoms with Crippen molar-refractivity contribution < 1.29 is 9.72 Å². The lowest BCUT2D eigenvalue weighted by Crippen LogP contribution is -2.36. The zero-order valence-electron chi connectivity index (χ0n) is 10.5. The van der Waals surface area contributed by atoms with Gasteiger partial charge in [0.05, 0.1) is 10.5 Å². The molecule has 0 fully saturated rings. The molecule has 1 atom stereocenters. The lowest BCUT2D eigenvalue weighted by Gasteiger charge is -2.17. The largest absolute Gasteiger partial charge is 0.383 e. The number of nitrogen functional groups attached to an aromatic ring is 1. The summed E-state index contributed by atoms with van der Waals surface area (Å²) in [6.45, 7) is 5.77. The number of hydrogen-bond acceptors (Lipinski definition) is 5. The van der Waals surface area contributed by atoms with E-state index in [-0.39, 0.29) is 29.0 Å². The monoisotopic (exact) mass is 252 g/mol. The summed E-state index contributed by atoms with van der Waals surface area (Å²) in [5.74, 6) is -0.221. The summed E-state index contributed by atoms with van der Waals surface area (Å²) in [7, 11) is 0. The number of carbonyl (C=O) groups excluding carboxylic acids is 1. The molecular weight excluding hydrogens is 236 g/mol. The molecular formula is C11H16N4O3. The second kappa shape index (κ2) is 5.44. The van der Waals surface area contributed by atoms with E-state index in [2.05, 4.69) is 10.3 Å². The number of nitrogens with zero attached hydrogens (tertiary/aromatic N) is 2. The molecule has 1 heterocycles. The first-order valence-corrected chi connectivity index (χ1v) is 5.53. The second-order valence-corrected chi connectivity index (χ2v) is 4.39. The van der Waals surface area contributed by atoms with Crippen LogP contribution in [-0.2, 0) is 0 Å². The Hall–Kier alpha value is -2.18. The van der Waals surface area contributed by atoms with Gasteiger partial charge >= 0.3 is 0 Å². The molecule has 3 N–H and O–H groups in total. The van der Waals surface area contributed by atoms with Crippen molar-refractivity contribution in [3.05, 3.63) is 27.9 Å². The second-order valence-electron chi connectivity index (χ2n) is 4.39. The number of pyridine rings is 1. The SMILES string of the molecule is CC(C)C(C)NC(=O)c1cc([N+](=O)[O-])cnc1N. The Labute approximate surface area is 105 Å². The third kappa shape index (κ3) is 3.16. The van der Waals surface area contributed by atoms with E-state index in [1.165, 1.54) is 0 Å². The highest BCUT2D eigenvalue weighted by atomic mass is 16.6. The van der Waals surface area contributed by atoms with Gasteiger partial charge in [-0.1, -0.05) is 13.8 Å². The maximum atomic E-state index is 11.9. The molecule has 7 nitrogen and oxygen atoms in total. The van der Waals surface area contributed by atoms with Crippen LogP contribution in [0.25, 0.3) is 0 Å². The van der Waals surface area contributed by atoms with Crippen LogP contribution in [0.2, 0.25) is 0 Å². The van der Waals surface area contributed by atoms with E-state index in [1.807, 2.05) is 20.8 Å². The zero-order chi connectivity index (χ0) is 13.9. The average Bonchev–Trinajstić information content (AvgIpc) is 2.28. The summed E-state index contributed by atoms with van der Waals surface area (Å²) >= 11 is 0. The van der Waals surface area contributed by atoms with Crippen molar-refractivity contribution in [1.29, 1.82) is 0 Å². The Morgan fingerprint density at radius 2 is 2.11 bits per heavy atom. The predicted octanol–water partition coefficient (Wildman–Crippen LogP) is 1.35. The fraction of sp³-hybridized carbons (Fsp3) is 0.455. The normalized spacial score (nSPS) is 12.2. The Kier molecular flexibility index (Phi) is 4.19. The van der Waals surface area contributed by atoms with Crippen LogP contribution in [0.1, 0.15) is 31.1 Å². The molecule has 98 valence electrons. The molecule has 0 aliphatic carbocycles. The molecule has 0 aliphatic heterocycles. The van der Waals surface area contributed by atoms with E-state index < -0.39 is 10.8 Å². The number of carbonyl (C=O) groups is 1. The predicted molar refractivity (Wildman–Crippen MR) is 67.1 cm³/mol. The van der Waals surface area contributed by atoms with E-state index in [4.69, 9.17) is 5.73 Å². The van der Waals surface area contributed by atoms with Gasteiger partial charge in [0.15, 0.2) is 0 Å². The summed E-state index contributed by atoms with van der Waals surface area (Å²) < 4.78 is 0. The third-order valence-corrected chi connectivity index (χ3v) is 2.72. The number of nitro groups is 1. The average molecular weight is 252 g/mol. The molecule has 0 saturated carbocycles. The van der Waals surface area contributed by atoms with Crippen molar-refractivity contribution in [3.63, 3.8) is 0 Å². The molecule has 1 amide bonds. The minimum atomic E-state index is -0.616. The molecule has 0 bridgehead atoms. The van der Waals surface area contributed by atoms with Gasteiger partial charge in [0.2, 0.25) is 0 Å². The lowest BCUT2D eigenvalue weighted by atomic mass is 10.1. The van der Waals surface area contributed by atoms with Gasteiger partial charge < -0.3 is 11.1 Å². The van der Waals surface area contributed by atoms with Crippen molar-refractivity contribution in [2.24, 2.45) is 5.92 Å². The highest BCUT2D eigenvalue weighted by molar-refractivity contribution is 5.99. The molecule has 0 saturated heterocycles. The summed E-state index contributed by atoms with van der Waals surface area (Å²) in [5, 5.41) is 13.3. The quantitative estimate of drug-likeness (QED) is 0.620. The summed E-state index contributed by atoms with van der Waals surface area (Å²) in [4.78, 5) is 25.5. The molecule has 1 aromatic rings. The van der Waals surface area contributed by atoms with Crippen LogP contribution in [0.5, 0.6) is 0 Å². The van der Waals surface area contributed by atoms with Crippen LogP contribution in [0.15, 0.2) is 12.3 Å². The van der Waals surface area contributed by atoms with E-state index >= 15 is 0 Å². The Morgan fingerprint density at radius 3 is 2.61 bits per heavy atom. The smallest absolute Gasteiger partial charge is 0.288 e. The van der Waals surface area contributed by atoms with Gasteiger partial charge in [-0.05, 0) is 12.8 Å². The third-order valence-electron chi connectivity index (χ3n) is 2.72. The molecule has 1 aromatic heterocycles. The van der Waals surface area contributed by atoms with E-state index in [9.17, 15) is 14.9 Å². The van der Waals surface area contributed by atoms with Crippen molar-refractivity contribution in [3.8, 4) is 0 Å². The maximum absolute atomic E-state index is 11.9. The summed E-state index contributed by atoms with van der Waals surface area (Å²) in [6, 6.07) is 1.07. The van der Waals surface area contributed by atoms with Crippen molar-refractivity contribution in [2.75, 3.05) is 5.73 Å². The van der Waals surface area contributed by atoms with E-state index in [1.54, 1.807) is 0 Å². The van der Waals surface area contributed by atoms with Crippen molar-refractivity contribution in [2.45, 2.75) is 26.8 Å². The molecule has 0 aliphatic rings. The van der Waals surface area contributed by atoms with Crippen LogP contribution >= 0.6 is 0 Å².